The lowest BCUT2D eigenvalue weighted by atomic mass is 10.1. The zero-order valence-corrected chi connectivity index (χ0v) is 24.0. The van der Waals surface area contributed by atoms with Crippen molar-refractivity contribution in [3.05, 3.63) is 71.6 Å². The molecule has 0 unspecified atom stereocenters. The van der Waals surface area contributed by atoms with Gasteiger partial charge in [-0.25, -0.2) is 26.4 Å². The van der Waals surface area contributed by atoms with Gasteiger partial charge in [-0.1, -0.05) is 18.7 Å². The smallest absolute Gasteiger partial charge is 0.324 e. The molecule has 2 aromatic rings. The molecule has 0 spiro atoms. The standard InChI is InChI=1S/C27H33F3N4O5S2/c1-2-40(36,37)31-19-24-7-6-18-34(24)41(38,39)25-14-12-23(13-15-25)33(26(35)32-16-4-3-5-17-32)20-21-8-10-22(11-9-21)27(28,29)30/h2,8-15,24,31H,1,3-7,16-20H2/t24-/m1/s1. The van der Waals surface area contributed by atoms with E-state index < -0.39 is 37.8 Å². The Balaban J connectivity index is 1.57. The van der Waals surface area contributed by atoms with Gasteiger partial charge in [-0.3, -0.25) is 4.90 Å². The van der Waals surface area contributed by atoms with Crippen molar-refractivity contribution in [3.8, 4) is 0 Å². The first-order valence-electron chi connectivity index (χ1n) is 13.3. The fraction of sp³-hybridized carbons (Fsp3) is 0.444. The largest absolute Gasteiger partial charge is 0.416 e. The molecule has 224 valence electrons. The molecule has 4 rings (SSSR count). The number of halogens is 3. The molecule has 2 saturated heterocycles. The van der Waals surface area contributed by atoms with Crippen LogP contribution < -0.4 is 9.62 Å². The van der Waals surface area contributed by atoms with Crippen molar-refractivity contribution in [3.63, 3.8) is 0 Å². The van der Waals surface area contributed by atoms with Gasteiger partial charge in [-0.2, -0.15) is 17.5 Å². The van der Waals surface area contributed by atoms with Crippen LogP contribution in [0.4, 0.5) is 23.7 Å². The number of carbonyl (C=O) groups excluding carboxylic acids is 1. The number of anilines is 1. The quantitative estimate of drug-likeness (QED) is 0.447. The molecule has 0 saturated carbocycles. The minimum atomic E-state index is -4.48. The molecule has 2 heterocycles. The summed E-state index contributed by atoms with van der Waals surface area (Å²) in [7, 11) is -7.68. The molecule has 2 aromatic carbocycles. The first-order chi connectivity index (χ1) is 19.3. The number of urea groups is 1. The molecule has 41 heavy (non-hydrogen) atoms. The van der Waals surface area contributed by atoms with Crippen LogP contribution in [0.3, 0.4) is 0 Å². The Labute approximate surface area is 238 Å². The van der Waals surface area contributed by atoms with E-state index in [0.717, 1.165) is 36.8 Å². The molecule has 14 heteroatoms. The monoisotopic (exact) mass is 614 g/mol. The van der Waals surface area contributed by atoms with Crippen molar-refractivity contribution >= 4 is 31.8 Å². The first kappa shape index (κ1) is 31.0. The second kappa shape index (κ2) is 12.5. The third-order valence-corrected chi connectivity index (χ3v) is 10.3. The van der Waals surface area contributed by atoms with Crippen LogP contribution in [0.15, 0.2) is 65.4 Å². The van der Waals surface area contributed by atoms with Crippen LogP contribution in [0.1, 0.15) is 43.2 Å². The number of sulfonamides is 2. The zero-order chi connectivity index (χ0) is 29.8. The Hall–Kier alpha value is -2.94. The molecule has 0 aromatic heterocycles. The van der Waals surface area contributed by atoms with Crippen LogP contribution in [0, 0.1) is 0 Å². The lowest BCUT2D eigenvalue weighted by molar-refractivity contribution is -0.137. The Morgan fingerprint density at radius 2 is 1.59 bits per heavy atom. The van der Waals surface area contributed by atoms with Gasteiger partial charge in [0, 0.05) is 43.3 Å². The van der Waals surface area contributed by atoms with Crippen LogP contribution in [-0.2, 0) is 32.8 Å². The maximum Gasteiger partial charge on any atom is 0.416 e. The highest BCUT2D eigenvalue weighted by Gasteiger charge is 2.36. The lowest BCUT2D eigenvalue weighted by Crippen LogP contribution is -2.45. The van der Waals surface area contributed by atoms with Gasteiger partial charge in [-0.15, -0.1) is 0 Å². The summed E-state index contributed by atoms with van der Waals surface area (Å²) in [5.74, 6) is 0. The Morgan fingerprint density at radius 1 is 0.951 bits per heavy atom. The normalized spacial score (nSPS) is 18.8. The van der Waals surface area contributed by atoms with E-state index in [1.54, 1.807) is 4.90 Å². The number of rotatable bonds is 9. The number of hydrogen-bond donors (Lipinski definition) is 1. The third-order valence-electron chi connectivity index (χ3n) is 7.30. The Kier molecular flexibility index (Phi) is 9.46. The minimum Gasteiger partial charge on any atom is -0.324 e. The van der Waals surface area contributed by atoms with Gasteiger partial charge in [0.1, 0.15) is 0 Å². The molecule has 0 bridgehead atoms. The summed E-state index contributed by atoms with van der Waals surface area (Å²) < 4.78 is 93.2. The van der Waals surface area contributed by atoms with E-state index >= 15 is 0 Å². The van der Waals surface area contributed by atoms with Crippen LogP contribution >= 0.6 is 0 Å². The van der Waals surface area contributed by atoms with E-state index in [2.05, 4.69) is 11.3 Å². The second-order valence-corrected chi connectivity index (χ2v) is 13.7. The van der Waals surface area contributed by atoms with Gasteiger partial charge < -0.3 is 4.90 Å². The molecule has 2 aliphatic heterocycles. The summed E-state index contributed by atoms with van der Waals surface area (Å²) >= 11 is 0. The molecular formula is C27H33F3N4O5S2. The predicted octanol–water partition coefficient (Wildman–Crippen LogP) is 4.53. The molecule has 0 radical (unpaired) electrons. The number of nitrogens with one attached hydrogen (secondary N) is 1. The highest BCUT2D eigenvalue weighted by Crippen LogP contribution is 2.31. The Morgan fingerprint density at radius 3 is 2.17 bits per heavy atom. The van der Waals surface area contributed by atoms with Crippen molar-refractivity contribution in [2.75, 3.05) is 31.1 Å². The van der Waals surface area contributed by atoms with Crippen molar-refractivity contribution in [2.24, 2.45) is 0 Å². The minimum absolute atomic E-state index is 0.00276. The predicted molar refractivity (Wildman–Crippen MR) is 149 cm³/mol. The van der Waals surface area contributed by atoms with Crippen LogP contribution in [0.2, 0.25) is 0 Å². The van der Waals surface area contributed by atoms with Gasteiger partial charge in [0.05, 0.1) is 17.0 Å². The van der Waals surface area contributed by atoms with Crippen molar-refractivity contribution in [1.29, 1.82) is 0 Å². The average Bonchev–Trinajstić information content (AvgIpc) is 3.45. The number of piperidine rings is 1. The van der Waals surface area contributed by atoms with Crippen molar-refractivity contribution in [2.45, 2.75) is 55.8 Å². The number of alkyl halides is 3. The van der Waals surface area contributed by atoms with Crippen LogP contribution in [-0.4, -0.2) is 64.3 Å². The number of benzene rings is 2. The maximum absolute atomic E-state index is 13.5. The topological polar surface area (TPSA) is 107 Å². The van der Waals surface area contributed by atoms with E-state index in [9.17, 15) is 34.8 Å². The summed E-state index contributed by atoms with van der Waals surface area (Å²) in [4.78, 5) is 16.6. The molecule has 2 amide bonds. The number of hydrogen-bond acceptors (Lipinski definition) is 5. The summed E-state index contributed by atoms with van der Waals surface area (Å²) in [6, 6.07) is 9.49. The van der Waals surface area contributed by atoms with Gasteiger partial charge in [0.15, 0.2) is 0 Å². The highest BCUT2D eigenvalue weighted by molar-refractivity contribution is 7.92. The average molecular weight is 615 g/mol. The molecule has 2 fully saturated rings. The maximum atomic E-state index is 13.5. The molecule has 9 nitrogen and oxygen atoms in total. The second-order valence-electron chi connectivity index (χ2n) is 10.1. The molecule has 1 N–H and O–H groups in total. The number of amides is 2. The summed E-state index contributed by atoms with van der Waals surface area (Å²) in [6.45, 7) is 4.50. The highest BCUT2D eigenvalue weighted by atomic mass is 32.2. The van der Waals surface area contributed by atoms with Crippen molar-refractivity contribution in [1.82, 2.24) is 13.9 Å². The van der Waals surface area contributed by atoms with E-state index in [1.807, 2.05) is 0 Å². The lowest BCUT2D eigenvalue weighted by Gasteiger charge is -2.33. The van der Waals surface area contributed by atoms with Gasteiger partial charge in [0.25, 0.3) is 0 Å². The fourth-order valence-electron chi connectivity index (χ4n) is 5.04. The van der Waals surface area contributed by atoms with E-state index in [1.165, 1.54) is 45.6 Å². The summed E-state index contributed by atoms with van der Waals surface area (Å²) in [6.07, 6.45) is -0.728. The fourth-order valence-corrected chi connectivity index (χ4v) is 7.28. The van der Waals surface area contributed by atoms with Crippen LogP contribution in [0.25, 0.3) is 0 Å². The number of nitrogens with zero attached hydrogens (tertiary/aromatic N) is 3. The zero-order valence-electron chi connectivity index (χ0n) is 22.4. The van der Waals surface area contributed by atoms with Gasteiger partial charge in [0.2, 0.25) is 20.0 Å². The number of likely N-dealkylation sites (tertiary alicyclic amines) is 1. The Bertz CT molecular complexity index is 1440. The third kappa shape index (κ3) is 7.48. The van der Waals surface area contributed by atoms with Gasteiger partial charge >= 0.3 is 12.2 Å². The molecule has 1 atom stereocenters. The molecule has 0 aliphatic carbocycles. The van der Waals surface area contributed by atoms with E-state index in [4.69, 9.17) is 0 Å². The first-order valence-corrected chi connectivity index (χ1v) is 16.3. The SMILES string of the molecule is C=CS(=O)(=O)NC[C@H]1CCCN1S(=O)(=O)c1ccc(N(Cc2ccc(C(F)(F)F)cc2)C(=O)N2CCCCC2)cc1. The summed E-state index contributed by atoms with van der Waals surface area (Å²) in [5, 5.41) is 0.765. The van der Waals surface area contributed by atoms with Crippen molar-refractivity contribution < 1.29 is 34.8 Å². The molecular weight excluding hydrogens is 581 g/mol. The van der Waals surface area contributed by atoms with E-state index in [-0.39, 0.29) is 30.6 Å². The van der Waals surface area contributed by atoms with Gasteiger partial charge in [-0.05, 0) is 74.1 Å². The van der Waals surface area contributed by atoms with Crippen LogP contribution in [0.5, 0.6) is 0 Å². The van der Waals surface area contributed by atoms with E-state index in [0.29, 0.717) is 37.2 Å². The molecule has 2 aliphatic rings. The summed E-state index contributed by atoms with van der Waals surface area (Å²) in [5.41, 5.74) is 0.0975. The number of carbonyl (C=O) groups is 1.